The number of thiazole rings is 1. The van der Waals surface area contributed by atoms with E-state index in [4.69, 9.17) is 0 Å². The number of carbonyl (C=O) groups is 1. The smallest absolute Gasteiger partial charge is 0.279 e. The Bertz CT molecular complexity index is 943. The van der Waals surface area contributed by atoms with Crippen molar-refractivity contribution >= 4 is 22.4 Å². The lowest BCUT2D eigenvalue weighted by molar-refractivity contribution is 0.102. The third kappa shape index (κ3) is 3.98. The largest absolute Gasteiger partial charge is 0.317 e. The second-order valence-corrected chi connectivity index (χ2v) is 8.30. The highest BCUT2D eigenvalue weighted by molar-refractivity contribution is 7.16. The number of hydrogen-bond donors (Lipinski definition) is 2. The lowest BCUT2D eigenvalue weighted by atomic mass is 10.1. The molecule has 3 aromatic rings. The molecule has 1 aliphatic rings. The predicted octanol–water partition coefficient (Wildman–Crippen LogP) is 3.70. The Morgan fingerprint density at radius 3 is 2.71 bits per heavy atom. The Kier molecular flexibility index (Phi) is 5.50. The molecule has 8 heteroatoms. The number of piperidine rings is 1. The van der Waals surface area contributed by atoms with Crippen LogP contribution in [0.5, 0.6) is 0 Å². The molecule has 1 amide bonds. The minimum Gasteiger partial charge on any atom is -0.317 e. The lowest BCUT2D eigenvalue weighted by Crippen LogP contribution is -2.29. The van der Waals surface area contributed by atoms with E-state index in [1.165, 1.54) is 11.3 Å². The van der Waals surface area contributed by atoms with E-state index in [-0.39, 0.29) is 5.91 Å². The summed E-state index contributed by atoms with van der Waals surface area (Å²) in [6.07, 6.45) is 3.73. The number of rotatable bonds is 5. The van der Waals surface area contributed by atoms with Crippen LogP contribution < -0.4 is 10.6 Å². The van der Waals surface area contributed by atoms with Gasteiger partial charge in [0, 0.05) is 10.4 Å². The Labute approximate surface area is 168 Å². The van der Waals surface area contributed by atoms with Gasteiger partial charge in [-0.2, -0.15) is 0 Å². The lowest BCUT2D eigenvalue weighted by Gasteiger charge is -2.21. The zero-order chi connectivity index (χ0) is 19.5. The number of nitrogens with zero attached hydrogens (tertiary/aromatic N) is 4. The average molecular weight is 397 g/mol. The fourth-order valence-corrected chi connectivity index (χ4v) is 4.36. The van der Waals surface area contributed by atoms with Crippen molar-refractivity contribution in [3.8, 4) is 11.3 Å². The van der Waals surface area contributed by atoms with Gasteiger partial charge in [-0.1, -0.05) is 49.4 Å². The van der Waals surface area contributed by atoms with Crippen LogP contribution in [-0.4, -0.2) is 39.0 Å². The van der Waals surface area contributed by atoms with Crippen LogP contribution in [0.1, 0.15) is 54.0 Å². The molecule has 1 aliphatic heterocycles. The molecule has 0 atom stereocenters. The number of carbonyl (C=O) groups excluding carboxylic acids is 1. The van der Waals surface area contributed by atoms with Gasteiger partial charge in [0.1, 0.15) is 0 Å². The molecule has 2 aromatic heterocycles. The van der Waals surface area contributed by atoms with Crippen molar-refractivity contribution < 1.29 is 4.79 Å². The molecular weight excluding hydrogens is 372 g/mol. The van der Waals surface area contributed by atoms with Crippen molar-refractivity contribution in [1.82, 2.24) is 25.3 Å². The van der Waals surface area contributed by atoms with E-state index in [0.29, 0.717) is 22.8 Å². The Balaban J connectivity index is 1.53. The van der Waals surface area contributed by atoms with E-state index in [1.54, 1.807) is 6.20 Å². The maximum absolute atomic E-state index is 12.7. The zero-order valence-corrected chi connectivity index (χ0v) is 16.9. The molecule has 1 saturated heterocycles. The van der Waals surface area contributed by atoms with Crippen LogP contribution in [0.15, 0.2) is 36.5 Å². The van der Waals surface area contributed by atoms with Crippen LogP contribution in [0.25, 0.3) is 11.3 Å². The first-order chi connectivity index (χ1) is 13.6. The summed E-state index contributed by atoms with van der Waals surface area (Å²) in [5.74, 6) is 0.0444. The van der Waals surface area contributed by atoms with Crippen molar-refractivity contribution in [3.05, 3.63) is 47.1 Å². The summed E-state index contributed by atoms with van der Waals surface area (Å²) in [6, 6.07) is 10.4. The SMILES string of the molecule is CC(C)c1sc(NC(=O)c2cn(C3CCNCC3)nn2)nc1-c1ccccc1. The fraction of sp³-hybridized carbons (Fsp3) is 0.400. The quantitative estimate of drug-likeness (QED) is 0.687. The first kappa shape index (κ1) is 18.8. The average Bonchev–Trinajstić information content (AvgIpc) is 3.37. The molecule has 0 radical (unpaired) electrons. The molecule has 0 bridgehead atoms. The number of amides is 1. The summed E-state index contributed by atoms with van der Waals surface area (Å²) in [5.41, 5.74) is 2.30. The molecule has 28 heavy (non-hydrogen) atoms. The number of aromatic nitrogens is 4. The monoisotopic (exact) mass is 396 g/mol. The standard InChI is InChI=1S/C20H24N6OS/c1-13(2)18-17(14-6-4-3-5-7-14)22-20(28-18)23-19(27)16-12-26(25-24-16)15-8-10-21-11-9-15/h3-7,12-13,15,21H,8-11H2,1-2H3,(H,22,23,27). The van der Waals surface area contributed by atoms with Gasteiger partial charge in [0.25, 0.3) is 5.91 Å². The molecule has 146 valence electrons. The minimum atomic E-state index is -0.274. The van der Waals surface area contributed by atoms with E-state index in [9.17, 15) is 4.79 Å². The molecule has 0 aliphatic carbocycles. The summed E-state index contributed by atoms with van der Waals surface area (Å²) < 4.78 is 1.81. The Hall–Kier alpha value is -2.58. The van der Waals surface area contributed by atoms with Crippen LogP contribution in [0.4, 0.5) is 5.13 Å². The van der Waals surface area contributed by atoms with Crippen LogP contribution in [0.2, 0.25) is 0 Å². The van der Waals surface area contributed by atoms with E-state index in [2.05, 4.69) is 39.8 Å². The van der Waals surface area contributed by atoms with Gasteiger partial charge in [0.2, 0.25) is 0 Å². The van der Waals surface area contributed by atoms with Crippen LogP contribution >= 0.6 is 11.3 Å². The third-order valence-electron chi connectivity index (χ3n) is 4.87. The van der Waals surface area contributed by atoms with Crippen molar-refractivity contribution in [2.45, 2.75) is 38.6 Å². The second kappa shape index (κ2) is 8.20. The first-order valence-electron chi connectivity index (χ1n) is 9.62. The van der Waals surface area contributed by atoms with E-state index >= 15 is 0 Å². The highest BCUT2D eigenvalue weighted by Gasteiger charge is 2.21. The van der Waals surface area contributed by atoms with Gasteiger partial charge >= 0.3 is 0 Å². The van der Waals surface area contributed by atoms with E-state index in [1.807, 2.05) is 35.0 Å². The predicted molar refractivity (Wildman–Crippen MR) is 111 cm³/mol. The van der Waals surface area contributed by atoms with Crippen LogP contribution in [0.3, 0.4) is 0 Å². The van der Waals surface area contributed by atoms with E-state index < -0.39 is 0 Å². The van der Waals surface area contributed by atoms with Crippen molar-refractivity contribution in [2.24, 2.45) is 0 Å². The third-order valence-corrected chi connectivity index (χ3v) is 6.14. The molecule has 1 fully saturated rings. The molecule has 1 aromatic carbocycles. The molecule has 0 spiro atoms. The van der Waals surface area contributed by atoms with Crippen LogP contribution in [0, 0.1) is 0 Å². The van der Waals surface area contributed by atoms with Gasteiger partial charge in [-0.3, -0.25) is 10.1 Å². The Morgan fingerprint density at radius 1 is 1.25 bits per heavy atom. The molecule has 2 N–H and O–H groups in total. The minimum absolute atomic E-state index is 0.274. The number of anilines is 1. The van der Waals surface area contributed by atoms with Gasteiger partial charge in [-0.05, 0) is 31.8 Å². The summed E-state index contributed by atoms with van der Waals surface area (Å²) in [7, 11) is 0. The second-order valence-electron chi connectivity index (χ2n) is 7.27. The van der Waals surface area contributed by atoms with E-state index in [0.717, 1.165) is 42.1 Å². The molecule has 0 unspecified atom stereocenters. The summed E-state index contributed by atoms with van der Waals surface area (Å²) in [6.45, 7) is 6.20. The maximum atomic E-state index is 12.7. The van der Waals surface area contributed by atoms with Crippen molar-refractivity contribution in [2.75, 3.05) is 18.4 Å². The number of hydrogen-bond acceptors (Lipinski definition) is 6. The number of benzene rings is 1. The molecular formula is C20H24N6OS. The normalized spacial score (nSPS) is 15.1. The van der Waals surface area contributed by atoms with Gasteiger partial charge in [-0.15, -0.1) is 16.4 Å². The topological polar surface area (TPSA) is 84.7 Å². The summed E-state index contributed by atoms with van der Waals surface area (Å²) in [4.78, 5) is 18.5. The van der Waals surface area contributed by atoms with Crippen molar-refractivity contribution in [3.63, 3.8) is 0 Å². The van der Waals surface area contributed by atoms with Gasteiger partial charge in [-0.25, -0.2) is 9.67 Å². The molecule has 3 heterocycles. The highest BCUT2D eigenvalue weighted by atomic mass is 32.1. The first-order valence-corrected chi connectivity index (χ1v) is 10.4. The van der Waals surface area contributed by atoms with Crippen molar-refractivity contribution in [1.29, 1.82) is 0 Å². The van der Waals surface area contributed by atoms with Gasteiger partial charge in [0.05, 0.1) is 17.9 Å². The Morgan fingerprint density at radius 2 is 2.00 bits per heavy atom. The number of nitrogens with one attached hydrogen (secondary N) is 2. The van der Waals surface area contributed by atoms with Crippen LogP contribution in [-0.2, 0) is 0 Å². The maximum Gasteiger partial charge on any atom is 0.279 e. The molecule has 7 nitrogen and oxygen atoms in total. The highest BCUT2D eigenvalue weighted by Crippen LogP contribution is 2.36. The molecule has 4 rings (SSSR count). The fourth-order valence-electron chi connectivity index (χ4n) is 3.37. The van der Waals surface area contributed by atoms with Gasteiger partial charge in [0.15, 0.2) is 10.8 Å². The summed E-state index contributed by atoms with van der Waals surface area (Å²) in [5, 5.41) is 15.0. The van der Waals surface area contributed by atoms with Gasteiger partial charge < -0.3 is 5.32 Å². The zero-order valence-electron chi connectivity index (χ0n) is 16.1. The summed E-state index contributed by atoms with van der Waals surface area (Å²) >= 11 is 1.51. The molecule has 0 saturated carbocycles.